The zero-order valence-electron chi connectivity index (χ0n) is 18.9. The average molecular weight is 498 g/mol. The first kappa shape index (κ1) is 26.2. The Labute approximate surface area is 202 Å². The third kappa shape index (κ3) is 6.27. The highest BCUT2D eigenvalue weighted by Gasteiger charge is 2.26. The van der Waals surface area contributed by atoms with E-state index in [0.717, 1.165) is 0 Å². The summed E-state index contributed by atoms with van der Waals surface area (Å²) < 4.78 is 21.5. The van der Waals surface area contributed by atoms with Crippen LogP contribution in [0.3, 0.4) is 0 Å². The topological polar surface area (TPSA) is 108 Å². The van der Waals surface area contributed by atoms with Crippen LogP contribution in [0.2, 0.25) is 10.0 Å². The van der Waals surface area contributed by atoms with Gasteiger partial charge in [-0.3, -0.25) is 9.59 Å². The van der Waals surface area contributed by atoms with Crippen molar-refractivity contribution in [2.75, 3.05) is 32.8 Å². The van der Waals surface area contributed by atoms with Crippen molar-refractivity contribution in [2.24, 2.45) is 10.2 Å². The zero-order chi connectivity index (χ0) is 24.5. The molecule has 0 aliphatic heterocycles. The molecule has 9 nitrogen and oxygen atoms in total. The highest BCUT2D eigenvalue weighted by Crippen LogP contribution is 2.43. The van der Waals surface area contributed by atoms with Crippen molar-refractivity contribution in [1.29, 1.82) is 0 Å². The summed E-state index contributed by atoms with van der Waals surface area (Å²) in [4.78, 5) is 25.1. The van der Waals surface area contributed by atoms with E-state index in [1.165, 1.54) is 33.3 Å². The van der Waals surface area contributed by atoms with Crippen molar-refractivity contribution in [1.82, 2.24) is 0 Å². The van der Waals surface area contributed by atoms with Crippen LogP contribution in [-0.4, -0.2) is 45.2 Å². The molecule has 0 saturated heterocycles. The molecule has 2 aromatic rings. The SMILES string of the molecule is CCOc1ccc(OCC)c(N=NC(C(C)=O)C(=O)Nc2ccc(Cl)c(OC)c2OC)c1Cl. The van der Waals surface area contributed by atoms with Crippen LogP contribution in [0.15, 0.2) is 34.5 Å². The molecule has 1 unspecified atom stereocenters. The van der Waals surface area contributed by atoms with Crippen LogP contribution in [-0.2, 0) is 9.59 Å². The zero-order valence-corrected chi connectivity index (χ0v) is 20.4. The molecule has 0 aromatic heterocycles. The van der Waals surface area contributed by atoms with Gasteiger partial charge in [0.2, 0.25) is 6.04 Å². The van der Waals surface area contributed by atoms with Gasteiger partial charge in [-0.15, -0.1) is 5.11 Å². The monoisotopic (exact) mass is 497 g/mol. The van der Waals surface area contributed by atoms with Crippen molar-refractivity contribution >= 4 is 46.3 Å². The summed E-state index contributed by atoms with van der Waals surface area (Å²) in [5, 5.41) is 11.1. The molecular formula is C22H25Cl2N3O6. The minimum Gasteiger partial charge on any atom is -0.492 e. The Balaban J connectivity index is 2.40. The van der Waals surface area contributed by atoms with Gasteiger partial charge in [-0.25, -0.2) is 0 Å². The highest BCUT2D eigenvalue weighted by molar-refractivity contribution is 6.34. The van der Waals surface area contributed by atoms with Crippen molar-refractivity contribution in [3.63, 3.8) is 0 Å². The quantitative estimate of drug-likeness (QED) is 0.324. The lowest BCUT2D eigenvalue weighted by molar-refractivity contribution is -0.126. The second kappa shape index (κ2) is 12.3. The lowest BCUT2D eigenvalue weighted by Gasteiger charge is -2.16. The van der Waals surface area contributed by atoms with Gasteiger partial charge in [0.05, 0.1) is 38.1 Å². The number of ether oxygens (including phenoxy) is 4. The first-order chi connectivity index (χ1) is 15.8. The lowest BCUT2D eigenvalue weighted by Crippen LogP contribution is -2.32. The van der Waals surface area contributed by atoms with E-state index in [0.29, 0.717) is 29.7 Å². The summed E-state index contributed by atoms with van der Waals surface area (Å²) in [6, 6.07) is 4.85. The number of hydrogen-bond donors (Lipinski definition) is 1. The van der Waals surface area contributed by atoms with Crippen LogP contribution in [0.4, 0.5) is 11.4 Å². The fraction of sp³-hybridized carbons (Fsp3) is 0.364. The van der Waals surface area contributed by atoms with Gasteiger partial charge in [-0.05, 0) is 45.0 Å². The Morgan fingerprint density at radius 3 is 2.15 bits per heavy atom. The van der Waals surface area contributed by atoms with Crippen LogP contribution in [0.5, 0.6) is 23.0 Å². The molecule has 2 aromatic carbocycles. The normalized spacial score (nSPS) is 11.7. The third-order valence-corrected chi connectivity index (χ3v) is 4.94. The first-order valence-electron chi connectivity index (χ1n) is 9.99. The van der Waals surface area contributed by atoms with Crippen LogP contribution in [0.25, 0.3) is 0 Å². The predicted octanol–water partition coefficient (Wildman–Crippen LogP) is 5.49. The smallest absolute Gasteiger partial charge is 0.258 e. The lowest BCUT2D eigenvalue weighted by atomic mass is 10.2. The maximum Gasteiger partial charge on any atom is 0.258 e. The molecule has 33 heavy (non-hydrogen) atoms. The number of carbonyl (C=O) groups excluding carboxylic acids is 2. The number of methoxy groups -OCH3 is 2. The summed E-state index contributed by atoms with van der Waals surface area (Å²) in [6.07, 6.45) is 0. The van der Waals surface area contributed by atoms with Crippen molar-refractivity contribution in [2.45, 2.75) is 26.8 Å². The molecule has 1 atom stereocenters. The molecule has 0 spiro atoms. The van der Waals surface area contributed by atoms with E-state index < -0.39 is 17.7 Å². The summed E-state index contributed by atoms with van der Waals surface area (Å²) in [6.45, 7) is 5.57. The first-order valence-corrected chi connectivity index (χ1v) is 10.7. The maximum absolute atomic E-state index is 12.9. The Bertz CT molecular complexity index is 1050. The van der Waals surface area contributed by atoms with Crippen LogP contribution in [0, 0.1) is 0 Å². The number of Topliss-reactive ketones (excluding diaryl/α,β-unsaturated/α-hetero) is 1. The molecule has 0 aliphatic carbocycles. The van der Waals surface area contributed by atoms with Crippen molar-refractivity contribution in [3.8, 4) is 23.0 Å². The number of halogens is 2. The fourth-order valence-electron chi connectivity index (χ4n) is 2.83. The van der Waals surface area contributed by atoms with E-state index in [1.54, 1.807) is 19.1 Å². The summed E-state index contributed by atoms with van der Waals surface area (Å²) in [7, 11) is 2.81. The number of rotatable bonds is 11. The highest BCUT2D eigenvalue weighted by atomic mass is 35.5. The summed E-state index contributed by atoms with van der Waals surface area (Å²) >= 11 is 12.5. The van der Waals surface area contributed by atoms with E-state index in [2.05, 4.69) is 15.5 Å². The molecule has 1 N–H and O–H groups in total. The maximum atomic E-state index is 12.9. The van der Waals surface area contributed by atoms with Crippen LogP contribution >= 0.6 is 23.2 Å². The summed E-state index contributed by atoms with van der Waals surface area (Å²) in [5.74, 6) is -0.127. The van der Waals surface area contributed by atoms with E-state index in [-0.39, 0.29) is 27.9 Å². The predicted molar refractivity (Wildman–Crippen MR) is 126 cm³/mol. The minimum atomic E-state index is -1.46. The van der Waals surface area contributed by atoms with E-state index in [1.807, 2.05) is 6.92 Å². The fourth-order valence-corrected chi connectivity index (χ4v) is 3.30. The van der Waals surface area contributed by atoms with Crippen LogP contribution < -0.4 is 24.3 Å². The molecule has 11 heteroatoms. The largest absolute Gasteiger partial charge is 0.492 e. The van der Waals surface area contributed by atoms with Crippen molar-refractivity contribution < 1.29 is 28.5 Å². The van der Waals surface area contributed by atoms with Crippen molar-refractivity contribution in [3.05, 3.63) is 34.3 Å². The van der Waals surface area contributed by atoms with Gasteiger partial charge in [0.15, 0.2) is 17.3 Å². The number of benzene rings is 2. The number of ketones is 1. The number of anilines is 1. The molecular weight excluding hydrogens is 473 g/mol. The minimum absolute atomic E-state index is 0.147. The van der Waals surface area contributed by atoms with Gasteiger partial charge in [-0.2, -0.15) is 5.11 Å². The average Bonchev–Trinajstić information content (AvgIpc) is 2.78. The Morgan fingerprint density at radius 2 is 1.58 bits per heavy atom. The number of azo groups is 1. The number of carbonyl (C=O) groups is 2. The molecule has 0 aliphatic rings. The molecule has 178 valence electrons. The molecule has 0 saturated carbocycles. The van der Waals surface area contributed by atoms with Gasteiger partial charge in [0, 0.05) is 0 Å². The van der Waals surface area contributed by atoms with E-state index in [4.69, 9.17) is 42.1 Å². The Hall–Kier alpha value is -3.04. The molecule has 1 amide bonds. The third-order valence-electron chi connectivity index (χ3n) is 4.28. The second-order valence-electron chi connectivity index (χ2n) is 6.47. The molecule has 0 bridgehead atoms. The van der Waals surface area contributed by atoms with Gasteiger partial charge in [-0.1, -0.05) is 23.2 Å². The van der Waals surface area contributed by atoms with Gasteiger partial charge in [0.1, 0.15) is 22.2 Å². The Kier molecular flexibility index (Phi) is 9.74. The molecule has 0 radical (unpaired) electrons. The van der Waals surface area contributed by atoms with E-state index in [9.17, 15) is 9.59 Å². The second-order valence-corrected chi connectivity index (χ2v) is 7.25. The number of amides is 1. The number of hydrogen-bond acceptors (Lipinski definition) is 8. The molecule has 0 heterocycles. The number of nitrogens with one attached hydrogen (secondary N) is 1. The summed E-state index contributed by atoms with van der Waals surface area (Å²) in [5.41, 5.74) is 0.394. The van der Waals surface area contributed by atoms with Gasteiger partial charge < -0.3 is 24.3 Å². The van der Waals surface area contributed by atoms with Gasteiger partial charge in [0.25, 0.3) is 5.91 Å². The number of nitrogens with zero attached hydrogens (tertiary/aromatic N) is 2. The molecule has 2 rings (SSSR count). The van der Waals surface area contributed by atoms with E-state index >= 15 is 0 Å². The van der Waals surface area contributed by atoms with Crippen LogP contribution in [0.1, 0.15) is 20.8 Å². The Morgan fingerprint density at radius 1 is 0.970 bits per heavy atom. The standard InChI is InChI=1S/C22H25Cl2N3O6/c1-6-32-15-10-11-16(33-7-2)19(17(15)24)27-26-18(12(3)28)22(29)25-14-9-8-13(23)20(30-4)21(14)31-5/h8-11,18H,6-7H2,1-5H3,(H,25,29). The van der Waals surface area contributed by atoms with Gasteiger partial charge >= 0.3 is 0 Å². The molecule has 0 fully saturated rings.